The molecule has 0 aromatic carbocycles. The van der Waals surface area contributed by atoms with Gasteiger partial charge in [0.25, 0.3) is 0 Å². The Bertz CT molecular complexity index is 663. The average Bonchev–Trinajstić information content (AvgIpc) is 2.92. The number of carbonyl (C=O) groups is 1. The van der Waals surface area contributed by atoms with Crippen molar-refractivity contribution in [3.63, 3.8) is 0 Å². The quantitative estimate of drug-likeness (QED) is 0.0606. The monoisotopic (exact) mass is 524 g/mol. The second kappa shape index (κ2) is 32.9. The second-order valence-corrected chi connectivity index (χ2v) is 10.1. The molecule has 0 aromatic rings. The van der Waals surface area contributed by atoms with Crippen molar-refractivity contribution in [2.75, 3.05) is 6.61 Å². The first-order valence-corrected chi connectivity index (χ1v) is 15.9. The third kappa shape index (κ3) is 31.9. The first kappa shape index (κ1) is 35.9. The zero-order valence-electron chi connectivity index (χ0n) is 25.1. The molecule has 0 saturated carbocycles. The number of hydrogen-bond acceptors (Lipinski definition) is 2. The zero-order valence-corrected chi connectivity index (χ0v) is 25.1. The van der Waals surface area contributed by atoms with Crippen LogP contribution in [0.2, 0.25) is 0 Å². The summed E-state index contributed by atoms with van der Waals surface area (Å²) in [7, 11) is 0. The summed E-state index contributed by atoms with van der Waals surface area (Å²) in [5.41, 5.74) is 0. The molecule has 0 rings (SSSR count). The number of carbonyl (C=O) groups excluding carboxylic acids is 1. The minimum atomic E-state index is -0.0397. The van der Waals surface area contributed by atoms with Crippen molar-refractivity contribution in [2.45, 2.75) is 142 Å². The van der Waals surface area contributed by atoms with Gasteiger partial charge in [-0.05, 0) is 96.3 Å². The van der Waals surface area contributed by atoms with Gasteiger partial charge in [-0.25, -0.2) is 0 Å². The van der Waals surface area contributed by atoms with Gasteiger partial charge in [0, 0.05) is 6.42 Å². The van der Waals surface area contributed by atoms with E-state index in [1.54, 1.807) is 0 Å². The van der Waals surface area contributed by atoms with Crippen LogP contribution in [0.4, 0.5) is 0 Å². The third-order valence-corrected chi connectivity index (χ3v) is 6.32. The maximum absolute atomic E-state index is 11.9. The van der Waals surface area contributed by atoms with Gasteiger partial charge in [-0.2, -0.15) is 0 Å². The van der Waals surface area contributed by atoms with E-state index in [0.29, 0.717) is 13.0 Å². The van der Waals surface area contributed by atoms with Crippen LogP contribution in [0, 0.1) is 0 Å². The lowest BCUT2D eigenvalue weighted by Crippen LogP contribution is -2.05. The molecular weight excluding hydrogens is 464 g/mol. The maximum atomic E-state index is 11.9. The Hall–Kier alpha value is -2.09. The molecule has 2 heteroatoms. The Kier molecular flexibility index (Phi) is 31.1. The van der Waals surface area contributed by atoms with Gasteiger partial charge in [-0.15, -0.1) is 0 Å². The Morgan fingerprint density at radius 1 is 0.447 bits per heavy atom. The fourth-order valence-electron chi connectivity index (χ4n) is 3.91. The second-order valence-electron chi connectivity index (χ2n) is 10.1. The van der Waals surface area contributed by atoms with E-state index in [4.69, 9.17) is 4.74 Å². The lowest BCUT2D eigenvalue weighted by Gasteiger charge is -2.04. The molecule has 0 aliphatic rings. The van der Waals surface area contributed by atoms with Crippen molar-refractivity contribution < 1.29 is 9.53 Å². The highest BCUT2D eigenvalue weighted by Crippen LogP contribution is 2.06. The molecule has 0 spiro atoms. The molecule has 0 fully saturated rings. The van der Waals surface area contributed by atoms with Crippen LogP contribution < -0.4 is 0 Å². The normalized spacial score (nSPS) is 12.6. The number of hydrogen-bond donors (Lipinski definition) is 0. The summed E-state index contributed by atoms with van der Waals surface area (Å²) >= 11 is 0. The lowest BCUT2D eigenvalue weighted by molar-refractivity contribution is -0.143. The number of rotatable bonds is 27. The molecule has 216 valence electrons. The predicted molar refractivity (Wildman–Crippen MR) is 169 cm³/mol. The van der Waals surface area contributed by atoms with Gasteiger partial charge in [-0.3, -0.25) is 4.79 Å². The van der Waals surface area contributed by atoms with E-state index in [1.165, 1.54) is 51.4 Å². The van der Waals surface area contributed by atoms with Crippen molar-refractivity contribution >= 4 is 5.97 Å². The SMILES string of the molecule is CCCCCC=CCC=CCC=CCCCCCOC(=O)CCCCC=CCC=CCC=CCCCCC. The number of ether oxygens (including phenoxy) is 1. The zero-order chi connectivity index (χ0) is 27.6. The van der Waals surface area contributed by atoms with Crippen molar-refractivity contribution in [2.24, 2.45) is 0 Å². The highest BCUT2D eigenvalue weighted by atomic mass is 16.5. The number of allylic oxidation sites excluding steroid dienone is 12. The van der Waals surface area contributed by atoms with Gasteiger partial charge < -0.3 is 4.74 Å². The average molecular weight is 525 g/mol. The van der Waals surface area contributed by atoms with Crippen LogP contribution in [0.5, 0.6) is 0 Å². The highest BCUT2D eigenvalue weighted by molar-refractivity contribution is 5.69. The third-order valence-electron chi connectivity index (χ3n) is 6.32. The first-order chi connectivity index (χ1) is 18.8. The highest BCUT2D eigenvalue weighted by Gasteiger charge is 2.01. The van der Waals surface area contributed by atoms with Gasteiger partial charge in [0.2, 0.25) is 0 Å². The smallest absolute Gasteiger partial charge is 0.305 e. The summed E-state index contributed by atoms with van der Waals surface area (Å²) in [4.78, 5) is 11.9. The summed E-state index contributed by atoms with van der Waals surface area (Å²) in [5, 5.41) is 0. The molecule has 2 nitrogen and oxygen atoms in total. The molecule has 0 aromatic heterocycles. The molecular formula is C36H60O2. The van der Waals surface area contributed by atoms with Crippen molar-refractivity contribution in [3.8, 4) is 0 Å². The number of esters is 1. The van der Waals surface area contributed by atoms with Crippen LogP contribution >= 0.6 is 0 Å². The van der Waals surface area contributed by atoms with E-state index in [-0.39, 0.29) is 5.97 Å². The first-order valence-electron chi connectivity index (χ1n) is 15.9. The molecule has 0 atom stereocenters. The van der Waals surface area contributed by atoms with Crippen LogP contribution in [0.25, 0.3) is 0 Å². The van der Waals surface area contributed by atoms with Crippen LogP contribution in [0.1, 0.15) is 142 Å². The Labute approximate surface area is 237 Å². The molecule has 0 unspecified atom stereocenters. The lowest BCUT2D eigenvalue weighted by atomic mass is 10.1. The van der Waals surface area contributed by atoms with E-state index in [9.17, 15) is 4.79 Å². The summed E-state index contributed by atoms with van der Waals surface area (Å²) in [5.74, 6) is -0.0397. The van der Waals surface area contributed by atoms with Crippen LogP contribution in [0.15, 0.2) is 72.9 Å². The van der Waals surface area contributed by atoms with Crippen LogP contribution in [-0.4, -0.2) is 12.6 Å². The molecule has 0 aliphatic carbocycles. The summed E-state index contributed by atoms with van der Waals surface area (Å²) in [6, 6.07) is 0. The molecule has 38 heavy (non-hydrogen) atoms. The minimum absolute atomic E-state index is 0.0397. The molecule has 0 bridgehead atoms. The van der Waals surface area contributed by atoms with E-state index in [0.717, 1.165) is 70.6 Å². The van der Waals surface area contributed by atoms with Gasteiger partial charge in [0.1, 0.15) is 0 Å². The summed E-state index contributed by atoms with van der Waals surface area (Å²) in [6.45, 7) is 5.06. The Balaban J connectivity index is 3.43. The maximum Gasteiger partial charge on any atom is 0.305 e. The summed E-state index contributed by atoms with van der Waals surface area (Å²) in [6.07, 6.45) is 49.4. The molecule has 0 saturated heterocycles. The molecule has 0 heterocycles. The van der Waals surface area contributed by atoms with E-state index in [1.807, 2.05) is 0 Å². The van der Waals surface area contributed by atoms with Crippen molar-refractivity contribution in [3.05, 3.63) is 72.9 Å². The molecule has 0 amide bonds. The Morgan fingerprint density at radius 2 is 0.816 bits per heavy atom. The van der Waals surface area contributed by atoms with E-state index >= 15 is 0 Å². The van der Waals surface area contributed by atoms with E-state index in [2.05, 4.69) is 86.8 Å². The Morgan fingerprint density at radius 3 is 1.24 bits per heavy atom. The van der Waals surface area contributed by atoms with Crippen molar-refractivity contribution in [1.29, 1.82) is 0 Å². The van der Waals surface area contributed by atoms with Crippen LogP contribution in [-0.2, 0) is 9.53 Å². The van der Waals surface area contributed by atoms with Crippen LogP contribution in [0.3, 0.4) is 0 Å². The number of unbranched alkanes of at least 4 members (excludes halogenated alkanes) is 11. The topological polar surface area (TPSA) is 26.3 Å². The van der Waals surface area contributed by atoms with Gasteiger partial charge >= 0.3 is 5.97 Å². The minimum Gasteiger partial charge on any atom is -0.466 e. The largest absolute Gasteiger partial charge is 0.466 e. The fraction of sp³-hybridized carbons (Fsp3) is 0.639. The van der Waals surface area contributed by atoms with E-state index < -0.39 is 0 Å². The fourth-order valence-corrected chi connectivity index (χ4v) is 3.91. The molecule has 0 aliphatic heterocycles. The van der Waals surface area contributed by atoms with Crippen molar-refractivity contribution in [1.82, 2.24) is 0 Å². The standard InChI is InChI=1S/C36H60O2/c1-3-5-7-9-11-13-15-17-19-21-23-25-27-29-31-33-35-38-36(37)34-32-30-28-26-24-22-20-18-16-14-12-10-8-6-4-2/h11-14,17-20,23-26H,3-10,15-16,21-22,27-35H2,1-2H3. The predicted octanol–water partition coefficient (Wildman–Crippen LogP) is 11.7. The molecule has 0 radical (unpaired) electrons. The van der Waals surface area contributed by atoms with Gasteiger partial charge in [0.05, 0.1) is 6.61 Å². The van der Waals surface area contributed by atoms with Gasteiger partial charge in [-0.1, -0.05) is 112 Å². The van der Waals surface area contributed by atoms with Gasteiger partial charge in [0.15, 0.2) is 0 Å². The molecule has 0 N–H and O–H groups in total. The summed E-state index contributed by atoms with van der Waals surface area (Å²) < 4.78 is 5.38.